The topological polar surface area (TPSA) is 97.9 Å². The van der Waals surface area contributed by atoms with Crippen molar-refractivity contribution in [3.8, 4) is 0 Å². The third kappa shape index (κ3) is 10.4. The summed E-state index contributed by atoms with van der Waals surface area (Å²) in [4.78, 5) is 24.0. The molecule has 1 unspecified atom stereocenters. The van der Waals surface area contributed by atoms with Gasteiger partial charge in [0.15, 0.2) is 0 Å². The first-order chi connectivity index (χ1) is 14.9. The molecule has 0 aliphatic heterocycles. The Morgan fingerprint density at radius 2 is 1.31 bits per heavy atom. The van der Waals surface area contributed by atoms with Crippen LogP contribution in [0.3, 0.4) is 0 Å². The highest BCUT2D eigenvalue weighted by Crippen LogP contribution is 2.56. The van der Waals surface area contributed by atoms with Gasteiger partial charge in [0.05, 0.1) is 26.4 Å². The molecule has 186 valence electrons. The second kappa shape index (κ2) is 13.3. The second-order valence-corrected chi connectivity index (χ2v) is 10.2. The van der Waals surface area contributed by atoms with Gasteiger partial charge in [-0.15, -0.1) is 0 Å². The lowest BCUT2D eigenvalue weighted by Crippen LogP contribution is -2.56. The van der Waals surface area contributed by atoms with Gasteiger partial charge in [0.1, 0.15) is 5.54 Å². The average molecular weight is 456 g/mol. The molecule has 0 spiro atoms. The summed E-state index contributed by atoms with van der Waals surface area (Å²) in [6.07, 6.45) is 2.37. The van der Waals surface area contributed by atoms with Crippen molar-refractivity contribution in [2.45, 2.75) is 71.9 Å². The number of ether oxygens (including phenoxy) is 3. The predicted molar refractivity (Wildman–Crippen MR) is 127 cm³/mol. The van der Waals surface area contributed by atoms with E-state index >= 15 is 0 Å². The molecule has 0 aromatic rings. The molecule has 0 aromatic heterocycles. The van der Waals surface area contributed by atoms with Crippen molar-refractivity contribution in [3.05, 3.63) is 12.2 Å². The van der Waals surface area contributed by atoms with Crippen LogP contribution in [-0.2, 0) is 23.8 Å². The normalized spacial score (nSPS) is 19.4. The van der Waals surface area contributed by atoms with E-state index in [0.717, 1.165) is 19.3 Å². The maximum atomic E-state index is 12.7. The van der Waals surface area contributed by atoms with Crippen molar-refractivity contribution in [1.29, 1.82) is 0 Å². The fraction of sp³-hybridized carbons (Fsp3) is 0.833. The molecule has 8 heteroatoms. The zero-order valence-electron chi connectivity index (χ0n) is 21.0. The van der Waals surface area contributed by atoms with E-state index < -0.39 is 5.54 Å². The fourth-order valence-electron chi connectivity index (χ4n) is 3.51. The lowest BCUT2D eigenvalue weighted by atomic mass is 9.98. The quantitative estimate of drug-likeness (QED) is 0.230. The van der Waals surface area contributed by atoms with Crippen molar-refractivity contribution in [2.24, 2.45) is 5.41 Å². The minimum absolute atomic E-state index is 0.0253. The molecule has 0 bridgehead atoms. The van der Waals surface area contributed by atoms with Crippen LogP contribution < -0.4 is 16.0 Å². The Hall–Kier alpha value is -1.48. The molecule has 3 N–H and O–H groups in total. The van der Waals surface area contributed by atoms with Crippen LogP contribution in [0.4, 0.5) is 0 Å². The summed E-state index contributed by atoms with van der Waals surface area (Å²) in [5, 5.41) is 9.33. The number of hydrogen-bond acceptors (Lipinski definition) is 6. The van der Waals surface area contributed by atoms with Gasteiger partial charge in [0.25, 0.3) is 0 Å². The first-order valence-corrected chi connectivity index (χ1v) is 11.7. The van der Waals surface area contributed by atoms with Crippen molar-refractivity contribution in [3.63, 3.8) is 0 Å². The maximum absolute atomic E-state index is 12.7. The molecule has 1 aliphatic carbocycles. The Morgan fingerprint density at radius 1 is 0.875 bits per heavy atom. The molecule has 1 aliphatic rings. The van der Waals surface area contributed by atoms with Crippen LogP contribution in [0, 0.1) is 5.41 Å². The lowest BCUT2D eigenvalue weighted by molar-refractivity contribution is -0.125. The Morgan fingerprint density at radius 3 is 1.72 bits per heavy atom. The monoisotopic (exact) mass is 455 g/mol. The van der Waals surface area contributed by atoms with Gasteiger partial charge >= 0.3 is 0 Å². The standard InChI is InChI=1S/C24H45N3O5/c1-19(2)20(28)25-10-8-12-30-14-16-32-17-15-31-13-9-11-26-21(29)24(18-23(24,6)7)27-22(3,4)5/h27H,1,8-18H2,2-7H3,(H,25,28)(H,26,29). The number of nitrogens with one attached hydrogen (secondary N) is 3. The Kier molecular flexibility index (Phi) is 11.9. The molecule has 1 fully saturated rings. The average Bonchev–Trinajstić information content (AvgIpc) is 3.23. The van der Waals surface area contributed by atoms with Gasteiger partial charge in [-0.05, 0) is 52.4 Å². The molecule has 0 radical (unpaired) electrons. The van der Waals surface area contributed by atoms with Crippen molar-refractivity contribution >= 4 is 11.8 Å². The van der Waals surface area contributed by atoms with Gasteiger partial charge in [0.2, 0.25) is 11.8 Å². The summed E-state index contributed by atoms with van der Waals surface area (Å²) in [6.45, 7) is 20.2. The van der Waals surface area contributed by atoms with E-state index in [2.05, 4.69) is 57.1 Å². The van der Waals surface area contributed by atoms with Gasteiger partial charge in [-0.3, -0.25) is 14.9 Å². The summed E-state index contributed by atoms with van der Waals surface area (Å²) in [6, 6.07) is 0. The maximum Gasteiger partial charge on any atom is 0.246 e. The van der Waals surface area contributed by atoms with Crippen LogP contribution in [0.15, 0.2) is 12.2 Å². The van der Waals surface area contributed by atoms with E-state index in [9.17, 15) is 9.59 Å². The minimum Gasteiger partial charge on any atom is -0.379 e. The number of hydrogen-bond donors (Lipinski definition) is 3. The molecule has 0 aromatic carbocycles. The highest BCUT2D eigenvalue weighted by molar-refractivity contribution is 5.92. The first-order valence-electron chi connectivity index (χ1n) is 11.7. The predicted octanol–water partition coefficient (Wildman–Crippen LogP) is 2.18. The highest BCUT2D eigenvalue weighted by Gasteiger charge is 2.67. The van der Waals surface area contributed by atoms with E-state index in [1.165, 1.54) is 0 Å². The van der Waals surface area contributed by atoms with Gasteiger partial charge in [-0.1, -0.05) is 20.4 Å². The van der Waals surface area contributed by atoms with Crippen molar-refractivity contribution in [2.75, 3.05) is 52.7 Å². The Bertz CT molecular complexity index is 615. The van der Waals surface area contributed by atoms with Gasteiger partial charge in [-0.25, -0.2) is 0 Å². The third-order valence-electron chi connectivity index (χ3n) is 5.35. The summed E-state index contributed by atoms with van der Waals surface area (Å²) in [5.74, 6) is -0.0389. The van der Waals surface area contributed by atoms with Crippen LogP contribution in [0.5, 0.6) is 0 Å². The largest absolute Gasteiger partial charge is 0.379 e. The Balaban J connectivity index is 1.94. The van der Waals surface area contributed by atoms with Crippen molar-refractivity contribution in [1.82, 2.24) is 16.0 Å². The van der Waals surface area contributed by atoms with E-state index in [-0.39, 0.29) is 22.8 Å². The molecule has 1 atom stereocenters. The number of rotatable bonds is 17. The molecule has 1 rings (SSSR count). The smallest absolute Gasteiger partial charge is 0.246 e. The fourth-order valence-corrected chi connectivity index (χ4v) is 3.51. The number of carbonyl (C=O) groups is 2. The molecular formula is C24H45N3O5. The van der Waals surface area contributed by atoms with Crippen molar-refractivity contribution < 1.29 is 23.8 Å². The zero-order chi connectivity index (χ0) is 24.3. The van der Waals surface area contributed by atoms with Crippen LogP contribution >= 0.6 is 0 Å². The van der Waals surface area contributed by atoms with Gasteiger partial charge in [0, 0.05) is 37.4 Å². The summed E-state index contributed by atoms with van der Waals surface area (Å²) in [7, 11) is 0. The van der Waals surface area contributed by atoms with E-state index in [1.807, 2.05) is 0 Å². The summed E-state index contributed by atoms with van der Waals surface area (Å²) in [5.41, 5.74) is -0.0970. The number of carbonyl (C=O) groups excluding carboxylic acids is 2. The summed E-state index contributed by atoms with van der Waals surface area (Å²) < 4.78 is 16.5. The first kappa shape index (κ1) is 28.6. The van der Waals surface area contributed by atoms with Gasteiger partial charge in [-0.2, -0.15) is 0 Å². The molecule has 0 saturated heterocycles. The van der Waals surface area contributed by atoms with E-state index in [4.69, 9.17) is 14.2 Å². The van der Waals surface area contributed by atoms with Gasteiger partial charge < -0.3 is 24.8 Å². The Labute approximate surface area is 194 Å². The minimum atomic E-state index is -0.472. The summed E-state index contributed by atoms with van der Waals surface area (Å²) >= 11 is 0. The third-order valence-corrected chi connectivity index (χ3v) is 5.35. The SMILES string of the molecule is C=C(C)C(=O)NCCCOCCOCCOCCCNC(=O)C1(NC(C)(C)C)CC1(C)C. The molecule has 8 nitrogen and oxygen atoms in total. The van der Waals surface area contributed by atoms with Crippen LogP contribution in [-0.4, -0.2) is 75.6 Å². The molecule has 0 heterocycles. The van der Waals surface area contributed by atoms with Crippen LogP contribution in [0.25, 0.3) is 0 Å². The second-order valence-electron chi connectivity index (χ2n) is 10.2. The lowest BCUT2D eigenvalue weighted by Gasteiger charge is -2.30. The van der Waals surface area contributed by atoms with E-state index in [0.29, 0.717) is 58.3 Å². The zero-order valence-corrected chi connectivity index (χ0v) is 21.0. The molecule has 2 amide bonds. The van der Waals surface area contributed by atoms with Crippen LogP contribution in [0.2, 0.25) is 0 Å². The van der Waals surface area contributed by atoms with Crippen LogP contribution in [0.1, 0.15) is 60.8 Å². The highest BCUT2D eigenvalue weighted by atomic mass is 16.5. The number of amides is 2. The molecular weight excluding hydrogens is 410 g/mol. The molecule has 32 heavy (non-hydrogen) atoms. The molecule has 1 saturated carbocycles. The van der Waals surface area contributed by atoms with E-state index in [1.54, 1.807) is 6.92 Å².